The van der Waals surface area contributed by atoms with Crippen molar-refractivity contribution in [3.8, 4) is 16.3 Å². The summed E-state index contributed by atoms with van der Waals surface area (Å²) < 4.78 is 1.01. The highest BCUT2D eigenvalue weighted by Crippen LogP contribution is 2.37. The van der Waals surface area contributed by atoms with E-state index in [2.05, 4.69) is 70.8 Å². The first-order chi connectivity index (χ1) is 12.6. The molecule has 0 fully saturated rings. The molecule has 0 aliphatic carbocycles. The number of rotatable bonds is 6. The lowest BCUT2D eigenvalue weighted by Gasteiger charge is -2.42. The van der Waals surface area contributed by atoms with Gasteiger partial charge < -0.3 is 10.0 Å². The van der Waals surface area contributed by atoms with E-state index in [9.17, 15) is 5.11 Å². The average Bonchev–Trinajstić information content (AvgIpc) is 3.03. The number of hydrogen-bond acceptors (Lipinski definition) is 4. The van der Waals surface area contributed by atoms with Crippen LogP contribution >= 0.6 is 11.3 Å². The van der Waals surface area contributed by atoms with E-state index < -0.39 is 0 Å². The van der Waals surface area contributed by atoms with Gasteiger partial charge in [-0.05, 0) is 68.1 Å². The zero-order valence-electron chi connectivity index (χ0n) is 17.2. The average molecular weight is 383 g/mol. The van der Waals surface area contributed by atoms with Crippen LogP contribution in [-0.2, 0) is 0 Å². The third kappa shape index (κ3) is 4.27. The van der Waals surface area contributed by atoms with Crippen LogP contribution in [0, 0.1) is 5.41 Å². The first-order valence-corrected chi connectivity index (χ1v) is 10.4. The van der Waals surface area contributed by atoms with Crippen LogP contribution in [0.3, 0.4) is 0 Å². The van der Waals surface area contributed by atoms with Crippen molar-refractivity contribution < 1.29 is 5.11 Å². The smallest absolute Gasteiger partial charge is 0.124 e. The van der Waals surface area contributed by atoms with Crippen molar-refractivity contribution >= 4 is 27.2 Å². The maximum atomic E-state index is 9.66. The van der Waals surface area contributed by atoms with Gasteiger partial charge in [0.05, 0.1) is 10.2 Å². The van der Waals surface area contributed by atoms with Gasteiger partial charge in [-0.2, -0.15) is 0 Å². The molecule has 0 saturated carbocycles. The minimum Gasteiger partial charge on any atom is -0.508 e. The van der Waals surface area contributed by atoms with E-state index in [4.69, 9.17) is 4.98 Å². The van der Waals surface area contributed by atoms with E-state index >= 15 is 0 Å². The van der Waals surface area contributed by atoms with Crippen molar-refractivity contribution in [2.24, 2.45) is 5.41 Å². The normalized spacial score (nSPS) is 12.5. The van der Waals surface area contributed by atoms with E-state index in [1.807, 2.05) is 6.07 Å². The fraction of sp³-hybridized carbons (Fsp3) is 0.435. The lowest BCUT2D eigenvalue weighted by molar-refractivity contribution is 0.245. The summed E-state index contributed by atoms with van der Waals surface area (Å²) in [5.74, 6) is 0.284. The molecule has 0 aliphatic heterocycles. The number of thiazole rings is 1. The molecule has 0 radical (unpaired) electrons. The molecular formula is C23H30N2OS. The summed E-state index contributed by atoms with van der Waals surface area (Å²) in [6.07, 6.45) is 2.31. The first-order valence-electron chi connectivity index (χ1n) is 9.55. The summed E-state index contributed by atoms with van der Waals surface area (Å²) in [6, 6.07) is 14.0. The number of benzene rings is 2. The molecule has 1 aromatic heterocycles. The van der Waals surface area contributed by atoms with Gasteiger partial charge in [-0.3, -0.25) is 0 Å². The van der Waals surface area contributed by atoms with E-state index in [0.717, 1.165) is 27.2 Å². The molecule has 0 atom stereocenters. The summed E-state index contributed by atoms with van der Waals surface area (Å²) in [7, 11) is 2.18. The van der Waals surface area contributed by atoms with Gasteiger partial charge in [0.15, 0.2) is 0 Å². The summed E-state index contributed by atoms with van der Waals surface area (Å²) in [5, 5.41) is 10.6. The number of anilines is 1. The first kappa shape index (κ1) is 19.7. The molecule has 27 heavy (non-hydrogen) atoms. The van der Waals surface area contributed by atoms with Crippen molar-refractivity contribution in [1.29, 1.82) is 0 Å². The molecule has 144 valence electrons. The number of nitrogens with zero attached hydrogens (tertiary/aromatic N) is 2. The van der Waals surface area contributed by atoms with Crippen molar-refractivity contribution in [2.75, 3.05) is 11.9 Å². The Bertz CT molecular complexity index is 925. The van der Waals surface area contributed by atoms with Crippen LogP contribution in [0.15, 0.2) is 42.5 Å². The molecule has 0 spiro atoms. The Balaban J connectivity index is 1.83. The lowest BCUT2D eigenvalue weighted by Crippen LogP contribution is -2.44. The highest BCUT2D eigenvalue weighted by Gasteiger charge is 2.31. The van der Waals surface area contributed by atoms with Gasteiger partial charge in [-0.15, -0.1) is 11.3 Å². The van der Waals surface area contributed by atoms with E-state index in [1.54, 1.807) is 23.5 Å². The molecule has 3 rings (SSSR count). The number of hydrogen-bond donors (Lipinski definition) is 1. The van der Waals surface area contributed by atoms with Crippen LogP contribution in [0.1, 0.15) is 47.5 Å². The molecule has 0 unspecified atom stereocenters. The van der Waals surface area contributed by atoms with Gasteiger partial charge in [0.2, 0.25) is 0 Å². The molecule has 1 N–H and O–H groups in total. The summed E-state index contributed by atoms with van der Waals surface area (Å²) in [5.41, 5.74) is 3.66. The maximum absolute atomic E-state index is 9.66. The lowest BCUT2D eigenvalue weighted by atomic mass is 9.77. The van der Waals surface area contributed by atoms with Crippen LogP contribution in [0.2, 0.25) is 0 Å². The minimum atomic E-state index is 0.0778. The monoisotopic (exact) mass is 382 g/mol. The van der Waals surface area contributed by atoms with Gasteiger partial charge in [0.1, 0.15) is 10.8 Å². The van der Waals surface area contributed by atoms with Crippen LogP contribution < -0.4 is 4.90 Å². The van der Waals surface area contributed by atoms with E-state index in [0.29, 0.717) is 5.41 Å². The Kier molecular flexibility index (Phi) is 5.22. The third-order valence-corrected chi connectivity index (χ3v) is 6.72. The predicted octanol–water partition coefficient (Wildman–Crippen LogP) is 6.71. The molecule has 0 amide bonds. The molecule has 0 aliphatic rings. The van der Waals surface area contributed by atoms with Gasteiger partial charge in [-0.25, -0.2) is 4.98 Å². The molecular weight excluding hydrogens is 352 g/mol. The fourth-order valence-electron chi connectivity index (χ4n) is 3.63. The second-order valence-corrected chi connectivity index (χ2v) is 9.81. The third-order valence-electron chi connectivity index (χ3n) is 5.65. The zero-order valence-corrected chi connectivity index (χ0v) is 18.0. The van der Waals surface area contributed by atoms with Gasteiger partial charge in [0.25, 0.3) is 0 Å². The molecule has 3 aromatic rings. The Labute approximate surface area is 166 Å². The van der Waals surface area contributed by atoms with Crippen molar-refractivity contribution in [1.82, 2.24) is 4.98 Å². The van der Waals surface area contributed by atoms with E-state index in [-0.39, 0.29) is 11.3 Å². The SMILES string of the molecule is CCC(C)(C)CC(C)(C)N(C)c1ccc(-c2nc3ccc(O)cc3s2)cc1. The minimum absolute atomic E-state index is 0.0778. The van der Waals surface area contributed by atoms with E-state index in [1.165, 1.54) is 12.1 Å². The highest BCUT2D eigenvalue weighted by molar-refractivity contribution is 7.21. The van der Waals surface area contributed by atoms with Crippen molar-refractivity contribution in [3.05, 3.63) is 42.5 Å². The van der Waals surface area contributed by atoms with Crippen LogP contribution in [0.25, 0.3) is 20.8 Å². The zero-order chi connectivity index (χ0) is 19.8. The molecule has 3 nitrogen and oxygen atoms in total. The topological polar surface area (TPSA) is 36.4 Å². The Morgan fingerprint density at radius 2 is 1.70 bits per heavy atom. The van der Waals surface area contributed by atoms with Gasteiger partial charge in [-0.1, -0.05) is 27.2 Å². The number of phenols is 1. The van der Waals surface area contributed by atoms with Crippen LogP contribution in [0.4, 0.5) is 5.69 Å². The Hall–Kier alpha value is -2.07. The Morgan fingerprint density at radius 3 is 2.33 bits per heavy atom. The van der Waals surface area contributed by atoms with Crippen molar-refractivity contribution in [2.45, 2.75) is 53.0 Å². The quantitative estimate of drug-likeness (QED) is 0.514. The van der Waals surface area contributed by atoms with Gasteiger partial charge >= 0.3 is 0 Å². The summed E-state index contributed by atoms with van der Waals surface area (Å²) in [4.78, 5) is 7.08. The van der Waals surface area contributed by atoms with Crippen molar-refractivity contribution in [3.63, 3.8) is 0 Å². The number of aromatic hydroxyl groups is 1. The Morgan fingerprint density at radius 1 is 1.04 bits per heavy atom. The molecule has 0 saturated heterocycles. The van der Waals surface area contributed by atoms with Crippen LogP contribution in [0.5, 0.6) is 5.75 Å². The molecule has 0 bridgehead atoms. The summed E-state index contributed by atoms with van der Waals surface area (Å²) >= 11 is 1.61. The predicted molar refractivity (Wildman–Crippen MR) is 118 cm³/mol. The molecule has 1 heterocycles. The molecule has 2 aromatic carbocycles. The number of fused-ring (bicyclic) bond motifs is 1. The second kappa shape index (κ2) is 7.16. The highest BCUT2D eigenvalue weighted by atomic mass is 32.1. The number of phenolic OH excluding ortho intramolecular Hbond substituents is 1. The fourth-order valence-corrected chi connectivity index (χ4v) is 4.63. The maximum Gasteiger partial charge on any atom is 0.124 e. The standard InChI is InChI=1S/C23H30N2OS/c1-7-22(2,3)15-23(4,5)25(6)17-10-8-16(9-11-17)21-24-19-13-12-18(26)14-20(19)27-21/h8-14,26H,7,15H2,1-6H3. The largest absolute Gasteiger partial charge is 0.508 e. The summed E-state index contributed by atoms with van der Waals surface area (Å²) in [6.45, 7) is 11.6. The van der Waals surface area contributed by atoms with Crippen LogP contribution in [-0.4, -0.2) is 22.7 Å². The molecule has 4 heteroatoms. The second-order valence-electron chi connectivity index (χ2n) is 8.78. The number of aromatic nitrogens is 1. The van der Waals surface area contributed by atoms with Gasteiger partial charge in [0, 0.05) is 23.8 Å².